The van der Waals surface area contributed by atoms with E-state index < -0.39 is 65.9 Å². The lowest BCUT2D eigenvalue weighted by Crippen LogP contribution is -2.65. The van der Waals surface area contributed by atoms with Crippen LogP contribution in [0.1, 0.15) is 89.7 Å². The van der Waals surface area contributed by atoms with Crippen molar-refractivity contribution in [2.24, 2.45) is 11.8 Å². The lowest BCUT2D eigenvalue weighted by molar-refractivity contribution is -0.0481. The number of aliphatic hydroxyl groups is 1. The molecule has 0 bridgehead atoms. The Morgan fingerprint density at radius 2 is 1.84 bits per heavy atom. The molecule has 10 nitrogen and oxygen atoms in total. The van der Waals surface area contributed by atoms with Crippen molar-refractivity contribution in [1.29, 1.82) is 0 Å². The summed E-state index contributed by atoms with van der Waals surface area (Å²) in [4.78, 5) is 31.7. The highest BCUT2D eigenvalue weighted by Crippen LogP contribution is 2.60. The van der Waals surface area contributed by atoms with E-state index in [0.29, 0.717) is 16.6 Å². The van der Waals surface area contributed by atoms with Crippen LogP contribution < -0.4 is 10.1 Å². The maximum atomic E-state index is 16.8. The Hall–Kier alpha value is -3.36. The number of carbonyl (C=O) groups excluding carboxylic acids is 2. The monoisotopic (exact) mass is 783 g/mol. The number of aromatic nitrogens is 1. The van der Waals surface area contributed by atoms with Crippen LogP contribution in [0.3, 0.4) is 0 Å². The van der Waals surface area contributed by atoms with E-state index in [9.17, 15) is 19.8 Å². The maximum Gasteiger partial charge on any atom is 0.263 e. The first-order valence-electron chi connectivity index (χ1n) is 17.5. The zero-order valence-electron chi connectivity index (χ0n) is 30.4. The van der Waals surface area contributed by atoms with E-state index in [-0.39, 0.29) is 59.8 Å². The van der Waals surface area contributed by atoms with Gasteiger partial charge in [0.05, 0.1) is 16.1 Å². The van der Waals surface area contributed by atoms with Crippen molar-refractivity contribution < 1.29 is 37.9 Å². The number of ketones is 2. The highest BCUT2D eigenvalue weighted by molar-refractivity contribution is 9.10. The number of halogens is 2. The number of allylic oxidation sites excluding steroid dienone is 1. The Balaban J connectivity index is 1.59. The van der Waals surface area contributed by atoms with Gasteiger partial charge in [-0.2, -0.15) is 0 Å². The summed E-state index contributed by atoms with van der Waals surface area (Å²) in [6, 6.07) is 8.77. The summed E-state index contributed by atoms with van der Waals surface area (Å²) in [5.41, 5.74) is -0.807. The molecule has 0 amide bonds. The molecule has 0 spiro atoms. The number of nitrogens with zero attached hydrogens (tertiary/aromatic N) is 2. The predicted octanol–water partition coefficient (Wildman–Crippen LogP) is 7.81. The molecule has 0 unspecified atom stereocenters. The third-order valence-corrected chi connectivity index (χ3v) is 16.5. The predicted molar refractivity (Wildman–Crippen MR) is 196 cm³/mol. The Morgan fingerprint density at radius 1 is 1.16 bits per heavy atom. The van der Waals surface area contributed by atoms with Crippen LogP contribution in [0.25, 0.3) is 0 Å². The molecule has 274 valence electrons. The summed E-state index contributed by atoms with van der Waals surface area (Å²) in [5.74, 6) is -4.05. The van der Waals surface area contributed by atoms with Gasteiger partial charge in [-0.1, -0.05) is 58.0 Å². The molecule has 0 saturated carbocycles. The number of ether oxygens (including phenoxy) is 1. The van der Waals surface area contributed by atoms with Gasteiger partial charge in [-0.3, -0.25) is 14.5 Å². The van der Waals surface area contributed by atoms with Crippen molar-refractivity contribution >= 4 is 35.8 Å². The number of benzene rings is 2. The molecule has 6 rings (SSSR count). The largest absolute Gasteiger partial charge is 0.508 e. The Morgan fingerprint density at radius 3 is 2.47 bits per heavy atom. The van der Waals surface area contributed by atoms with Crippen molar-refractivity contribution in [1.82, 2.24) is 15.4 Å². The summed E-state index contributed by atoms with van der Waals surface area (Å²) >= 11 is 3.59. The van der Waals surface area contributed by atoms with E-state index in [0.717, 1.165) is 12.0 Å². The van der Waals surface area contributed by atoms with E-state index in [2.05, 4.69) is 26.4 Å². The molecular formula is C38H47BrFN3O7Si. The van der Waals surface area contributed by atoms with Gasteiger partial charge in [0, 0.05) is 29.2 Å². The van der Waals surface area contributed by atoms with Crippen LogP contribution in [0.4, 0.5) is 4.39 Å². The Kier molecular flexibility index (Phi) is 9.94. The van der Waals surface area contributed by atoms with E-state index in [1.165, 1.54) is 0 Å². The van der Waals surface area contributed by atoms with Gasteiger partial charge in [0.15, 0.2) is 25.5 Å². The number of rotatable bonds is 10. The second-order valence-corrected chi connectivity index (χ2v) is 21.2. The molecule has 51 heavy (non-hydrogen) atoms. The number of carbonyl (C=O) groups is 2. The first-order valence-corrected chi connectivity index (χ1v) is 21.2. The van der Waals surface area contributed by atoms with Crippen molar-refractivity contribution in [2.45, 2.75) is 89.9 Å². The van der Waals surface area contributed by atoms with Crippen molar-refractivity contribution in [3.63, 3.8) is 0 Å². The first kappa shape index (κ1) is 37.4. The lowest BCUT2D eigenvalue weighted by atomic mass is 9.58. The van der Waals surface area contributed by atoms with Crippen molar-refractivity contribution in [3.05, 3.63) is 85.5 Å². The van der Waals surface area contributed by atoms with Gasteiger partial charge in [0.2, 0.25) is 5.78 Å². The second-order valence-electron chi connectivity index (χ2n) is 15.7. The molecule has 2 aromatic carbocycles. The lowest BCUT2D eigenvalue weighted by Gasteiger charge is -2.55. The highest BCUT2D eigenvalue weighted by atomic mass is 79.9. The molecule has 3 aliphatic carbocycles. The third kappa shape index (κ3) is 5.98. The molecule has 0 saturated heterocycles. The van der Waals surface area contributed by atoms with E-state index in [1.54, 1.807) is 0 Å². The Labute approximate surface area is 307 Å². The summed E-state index contributed by atoms with van der Waals surface area (Å²) < 4.78 is 36.1. The fraction of sp³-hybridized carbons (Fsp3) is 0.500. The molecular weight excluding hydrogens is 737 g/mol. The maximum absolute atomic E-state index is 16.8. The van der Waals surface area contributed by atoms with Gasteiger partial charge in [-0.25, -0.2) is 4.39 Å². The van der Waals surface area contributed by atoms with Gasteiger partial charge in [-0.05, 0) is 90.6 Å². The van der Waals surface area contributed by atoms with Crippen LogP contribution in [0.5, 0.6) is 11.6 Å². The molecule has 0 aliphatic heterocycles. The second kappa shape index (κ2) is 13.6. The molecule has 3 aliphatic rings. The minimum Gasteiger partial charge on any atom is -0.508 e. The zero-order chi connectivity index (χ0) is 37.2. The van der Waals surface area contributed by atoms with Gasteiger partial charge in [-0.15, -0.1) is 0 Å². The van der Waals surface area contributed by atoms with Crippen LogP contribution in [0.2, 0.25) is 18.1 Å². The minimum absolute atomic E-state index is 0.00423. The average molecular weight is 785 g/mol. The van der Waals surface area contributed by atoms with Crippen LogP contribution >= 0.6 is 15.9 Å². The third-order valence-electron chi connectivity index (χ3n) is 11.2. The molecule has 0 radical (unpaired) electrons. The Bertz CT molecular complexity index is 1900. The fourth-order valence-electron chi connectivity index (χ4n) is 7.66. The zero-order valence-corrected chi connectivity index (χ0v) is 33.0. The molecule has 1 heterocycles. The van der Waals surface area contributed by atoms with Crippen molar-refractivity contribution in [2.75, 3.05) is 20.6 Å². The number of aliphatic hydroxyl groups excluding tert-OH is 1. The molecule has 0 fully saturated rings. The highest BCUT2D eigenvalue weighted by Gasteiger charge is 2.67. The quantitative estimate of drug-likeness (QED) is 0.138. The minimum atomic E-state index is -2.91. The van der Waals surface area contributed by atoms with Crippen molar-refractivity contribution in [3.8, 4) is 11.6 Å². The van der Waals surface area contributed by atoms with Crippen LogP contribution in [-0.2, 0) is 24.0 Å². The molecule has 13 heteroatoms. The summed E-state index contributed by atoms with van der Waals surface area (Å²) in [6.45, 7) is 13.0. The topological polar surface area (TPSA) is 134 Å². The van der Waals surface area contributed by atoms with Gasteiger partial charge < -0.3 is 29.2 Å². The fourth-order valence-corrected chi connectivity index (χ4v) is 9.74. The normalized spacial score (nSPS) is 23.2. The van der Waals surface area contributed by atoms with Crippen LogP contribution in [0.15, 0.2) is 50.7 Å². The van der Waals surface area contributed by atoms with E-state index >= 15 is 4.39 Å². The average Bonchev–Trinajstić information content (AvgIpc) is 3.44. The van der Waals surface area contributed by atoms with E-state index in [1.807, 2.05) is 90.1 Å². The smallest absolute Gasteiger partial charge is 0.263 e. The summed E-state index contributed by atoms with van der Waals surface area (Å²) in [6.07, 6.45) is 1.12. The number of Topliss-reactive ketones (excluding diaryl/α,β-unsaturated/α-hetero) is 2. The molecule has 3 aromatic rings. The molecule has 4 atom stereocenters. The number of fused-ring (bicyclic) bond motifs is 4. The first-order chi connectivity index (χ1) is 24.0. The summed E-state index contributed by atoms with van der Waals surface area (Å²) in [7, 11) is 0.709. The van der Waals surface area contributed by atoms with Crippen LogP contribution in [-0.4, -0.2) is 66.4 Å². The van der Waals surface area contributed by atoms with Crippen LogP contribution in [0, 0.1) is 17.7 Å². The SMILES string of the molecule is CCCNCc1c(F)c2c(c(OCc3ccccc3)c1Br)C(=O)C1=C(O)[C@]3(O[Si](C)(C)C(C)(C)C)C(=O)c4c(O)noc4[C@@H](N(C)C)[C@@H]3C[C@@H]1C2. The van der Waals surface area contributed by atoms with Gasteiger partial charge >= 0.3 is 0 Å². The number of aromatic hydroxyl groups is 1. The number of hydrogen-bond acceptors (Lipinski definition) is 10. The standard InChI is InChI=1S/C38H47BrFN3O7Si/c1-9-15-41-18-23-28(39)32(48-19-20-13-11-10-12-14-20)26-22(29(23)40)16-21-17-24-30(43(5)6)33-27(36(47)42-49-33)35(46)38(24,34(45)25(21)31(26)44)50-51(7,8)37(2,3)4/h10-14,21,24,30,41,45H,9,15-19H2,1-8H3,(H,42,47)/t21-,24-,30-,38-/m0/s1. The van der Waals surface area contributed by atoms with Gasteiger partial charge in [0.25, 0.3) is 5.88 Å². The molecule has 3 N–H and O–H groups in total. The molecule has 1 aromatic heterocycles. The summed E-state index contributed by atoms with van der Waals surface area (Å²) in [5, 5.41) is 30.1. The number of nitrogens with one attached hydrogen (secondary N) is 1. The van der Waals surface area contributed by atoms with Gasteiger partial charge in [0.1, 0.15) is 29.5 Å². The van der Waals surface area contributed by atoms with E-state index in [4.69, 9.17) is 13.7 Å². The number of hydrogen-bond donors (Lipinski definition) is 3.